The standard InChI is InChI=1S/C9H5Cl2NO/c10-6-1-2-8(11)7(5-6)9-12-3-4-13-9/h1-5H. The van der Waals surface area contributed by atoms with Crippen molar-refractivity contribution >= 4 is 23.2 Å². The molecule has 0 bridgehead atoms. The van der Waals surface area contributed by atoms with Crippen LogP contribution in [0.1, 0.15) is 0 Å². The van der Waals surface area contributed by atoms with E-state index in [9.17, 15) is 0 Å². The van der Waals surface area contributed by atoms with Gasteiger partial charge in [-0.3, -0.25) is 0 Å². The Bertz CT molecular complexity index is 412. The summed E-state index contributed by atoms with van der Waals surface area (Å²) in [6.45, 7) is 0. The Morgan fingerprint density at radius 2 is 2.08 bits per heavy atom. The molecule has 66 valence electrons. The first-order valence-electron chi connectivity index (χ1n) is 3.62. The Labute approximate surface area is 85.1 Å². The Morgan fingerprint density at radius 3 is 2.77 bits per heavy atom. The number of hydrogen-bond acceptors (Lipinski definition) is 2. The fraction of sp³-hybridized carbons (Fsp3) is 0. The van der Waals surface area contributed by atoms with Crippen LogP contribution in [0.2, 0.25) is 10.0 Å². The van der Waals surface area contributed by atoms with Gasteiger partial charge in [0.25, 0.3) is 0 Å². The summed E-state index contributed by atoms with van der Waals surface area (Å²) in [6, 6.07) is 5.15. The molecule has 0 aliphatic heterocycles. The molecular weight excluding hydrogens is 209 g/mol. The van der Waals surface area contributed by atoms with Crippen molar-refractivity contribution in [1.29, 1.82) is 0 Å². The van der Waals surface area contributed by atoms with Crippen LogP contribution < -0.4 is 0 Å². The van der Waals surface area contributed by atoms with Gasteiger partial charge in [0, 0.05) is 5.02 Å². The van der Waals surface area contributed by atoms with E-state index < -0.39 is 0 Å². The van der Waals surface area contributed by atoms with Gasteiger partial charge in [-0.1, -0.05) is 23.2 Å². The number of rotatable bonds is 1. The summed E-state index contributed by atoms with van der Waals surface area (Å²) < 4.78 is 5.10. The van der Waals surface area contributed by atoms with E-state index in [1.165, 1.54) is 6.26 Å². The predicted molar refractivity (Wildman–Crippen MR) is 52.0 cm³/mol. The van der Waals surface area contributed by atoms with Crippen molar-refractivity contribution in [2.24, 2.45) is 0 Å². The van der Waals surface area contributed by atoms with Gasteiger partial charge in [0.1, 0.15) is 6.26 Å². The lowest BCUT2D eigenvalue weighted by molar-refractivity contribution is 0.574. The first-order chi connectivity index (χ1) is 6.27. The van der Waals surface area contributed by atoms with Gasteiger partial charge < -0.3 is 4.42 Å². The van der Waals surface area contributed by atoms with E-state index in [0.717, 1.165) is 0 Å². The second kappa shape index (κ2) is 3.40. The topological polar surface area (TPSA) is 26.0 Å². The van der Waals surface area contributed by atoms with Crippen molar-refractivity contribution in [3.63, 3.8) is 0 Å². The van der Waals surface area contributed by atoms with Crippen molar-refractivity contribution in [1.82, 2.24) is 4.98 Å². The number of nitrogens with zero attached hydrogens (tertiary/aromatic N) is 1. The van der Waals surface area contributed by atoms with Crippen molar-refractivity contribution in [2.45, 2.75) is 0 Å². The first kappa shape index (κ1) is 8.60. The highest BCUT2D eigenvalue weighted by molar-refractivity contribution is 6.35. The highest BCUT2D eigenvalue weighted by Gasteiger charge is 2.07. The third kappa shape index (κ3) is 1.69. The summed E-state index contributed by atoms with van der Waals surface area (Å²) >= 11 is 11.7. The van der Waals surface area contributed by atoms with E-state index >= 15 is 0 Å². The molecule has 0 fully saturated rings. The largest absolute Gasteiger partial charge is 0.444 e. The summed E-state index contributed by atoms with van der Waals surface area (Å²) in [6.07, 6.45) is 3.05. The van der Waals surface area contributed by atoms with Crippen molar-refractivity contribution < 1.29 is 4.42 Å². The highest BCUT2D eigenvalue weighted by atomic mass is 35.5. The Morgan fingerprint density at radius 1 is 1.23 bits per heavy atom. The number of hydrogen-bond donors (Lipinski definition) is 0. The smallest absolute Gasteiger partial charge is 0.227 e. The maximum atomic E-state index is 5.93. The molecule has 2 nitrogen and oxygen atoms in total. The SMILES string of the molecule is Clc1ccc(Cl)c(-c2ncco2)c1. The van der Waals surface area contributed by atoms with E-state index in [2.05, 4.69) is 4.98 Å². The minimum absolute atomic E-state index is 0.479. The van der Waals surface area contributed by atoms with Gasteiger partial charge in [0.15, 0.2) is 0 Å². The second-order valence-electron chi connectivity index (χ2n) is 2.46. The van der Waals surface area contributed by atoms with Crippen molar-refractivity contribution in [2.75, 3.05) is 0 Å². The van der Waals surface area contributed by atoms with Crippen LogP contribution in [-0.2, 0) is 0 Å². The molecule has 1 aromatic heterocycles. The maximum Gasteiger partial charge on any atom is 0.227 e. The zero-order valence-corrected chi connectivity index (χ0v) is 8.01. The zero-order valence-electron chi connectivity index (χ0n) is 6.50. The summed E-state index contributed by atoms with van der Waals surface area (Å²) in [5.74, 6) is 0.479. The molecule has 2 rings (SSSR count). The number of benzene rings is 1. The van der Waals surface area contributed by atoms with Crippen LogP contribution in [0, 0.1) is 0 Å². The number of aromatic nitrogens is 1. The van der Waals surface area contributed by atoms with Crippen LogP contribution in [0.25, 0.3) is 11.5 Å². The first-order valence-corrected chi connectivity index (χ1v) is 4.38. The van der Waals surface area contributed by atoms with E-state index in [1.54, 1.807) is 24.4 Å². The molecule has 0 radical (unpaired) electrons. The molecule has 0 aliphatic rings. The molecule has 0 atom stereocenters. The predicted octanol–water partition coefficient (Wildman–Crippen LogP) is 3.65. The average Bonchev–Trinajstić information content (AvgIpc) is 2.61. The lowest BCUT2D eigenvalue weighted by Crippen LogP contribution is -1.78. The third-order valence-electron chi connectivity index (χ3n) is 1.59. The minimum Gasteiger partial charge on any atom is -0.444 e. The van der Waals surface area contributed by atoms with Gasteiger partial charge >= 0.3 is 0 Å². The van der Waals surface area contributed by atoms with Gasteiger partial charge in [-0.15, -0.1) is 0 Å². The number of halogens is 2. The normalized spacial score (nSPS) is 10.3. The molecule has 1 aromatic carbocycles. The molecule has 0 unspecified atom stereocenters. The molecule has 0 saturated carbocycles. The fourth-order valence-electron chi connectivity index (χ4n) is 1.02. The summed E-state index contributed by atoms with van der Waals surface area (Å²) in [5, 5.41) is 1.18. The van der Waals surface area contributed by atoms with E-state index in [1.807, 2.05) is 0 Å². The lowest BCUT2D eigenvalue weighted by atomic mass is 10.2. The van der Waals surface area contributed by atoms with Crippen LogP contribution >= 0.6 is 23.2 Å². The van der Waals surface area contributed by atoms with Crippen LogP contribution in [0.15, 0.2) is 35.1 Å². The summed E-state index contributed by atoms with van der Waals surface area (Å²) in [4.78, 5) is 3.98. The molecular formula is C9H5Cl2NO. The Balaban J connectivity index is 2.57. The number of oxazole rings is 1. The van der Waals surface area contributed by atoms with Crippen LogP contribution in [-0.4, -0.2) is 4.98 Å². The van der Waals surface area contributed by atoms with Gasteiger partial charge in [-0.25, -0.2) is 4.98 Å². The molecule has 13 heavy (non-hydrogen) atoms. The van der Waals surface area contributed by atoms with E-state index in [0.29, 0.717) is 21.5 Å². The van der Waals surface area contributed by atoms with Gasteiger partial charge in [0.05, 0.1) is 16.8 Å². The Kier molecular flexibility index (Phi) is 2.25. The zero-order chi connectivity index (χ0) is 9.26. The molecule has 1 heterocycles. The van der Waals surface area contributed by atoms with Crippen LogP contribution in [0.4, 0.5) is 0 Å². The summed E-state index contributed by atoms with van der Waals surface area (Å²) in [5.41, 5.74) is 0.708. The van der Waals surface area contributed by atoms with E-state index in [4.69, 9.17) is 27.6 Å². The maximum absolute atomic E-state index is 5.93. The highest BCUT2D eigenvalue weighted by Crippen LogP contribution is 2.28. The van der Waals surface area contributed by atoms with Crippen LogP contribution in [0.3, 0.4) is 0 Å². The van der Waals surface area contributed by atoms with Crippen molar-refractivity contribution in [3.05, 3.63) is 40.7 Å². The quantitative estimate of drug-likeness (QED) is 0.723. The van der Waals surface area contributed by atoms with Gasteiger partial charge in [0.2, 0.25) is 5.89 Å². The van der Waals surface area contributed by atoms with Gasteiger partial charge in [-0.05, 0) is 18.2 Å². The molecule has 0 amide bonds. The lowest BCUT2D eigenvalue weighted by Gasteiger charge is -1.99. The molecule has 0 saturated heterocycles. The molecule has 2 aromatic rings. The van der Waals surface area contributed by atoms with Gasteiger partial charge in [-0.2, -0.15) is 0 Å². The molecule has 4 heteroatoms. The molecule has 0 N–H and O–H groups in total. The van der Waals surface area contributed by atoms with Crippen molar-refractivity contribution in [3.8, 4) is 11.5 Å². The second-order valence-corrected chi connectivity index (χ2v) is 3.31. The summed E-state index contributed by atoms with van der Waals surface area (Å²) in [7, 11) is 0. The molecule has 0 aliphatic carbocycles. The average molecular weight is 214 g/mol. The molecule has 0 spiro atoms. The fourth-order valence-corrected chi connectivity index (χ4v) is 1.39. The van der Waals surface area contributed by atoms with Crippen LogP contribution in [0.5, 0.6) is 0 Å². The Hall–Kier alpha value is -0.990. The third-order valence-corrected chi connectivity index (χ3v) is 2.16. The minimum atomic E-state index is 0.479. The monoisotopic (exact) mass is 213 g/mol. The van der Waals surface area contributed by atoms with E-state index in [-0.39, 0.29) is 0 Å².